The number of carbonyl (C=O) groups excluding carboxylic acids is 1. The average molecular weight is 263 g/mol. The number of nitrogens with zero attached hydrogens (tertiary/aromatic N) is 2. The summed E-state index contributed by atoms with van der Waals surface area (Å²) in [6.45, 7) is 1.40. The van der Waals surface area contributed by atoms with Crippen molar-refractivity contribution in [2.75, 3.05) is 13.2 Å². The summed E-state index contributed by atoms with van der Waals surface area (Å²) < 4.78 is 0. The Morgan fingerprint density at radius 2 is 2.16 bits per heavy atom. The van der Waals surface area contributed by atoms with Crippen molar-refractivity contribution in [2.24, 2.45) is 0 Å². The number of nitrogens with one attached hydrogen (secondary N) is 1. The van der Waals surface area contributed by atoms with E-state index in [9.17, 15) is 4.79 Å². The number of aromatic amines is 1. The standard InChI is InChI=1S/C14H21N3O2/c18-14(17-9-3-4-10-19-17)8-7-13-11-5-1-2-6-12(11)15-16-13/h1-10H2,(H,15,16). The van der Waals surface area contributed by atoms with Gasteiger partial charge in [0.15, 0.2) is 0 Å². The summed E-state index contributed by atoms with van der Waals surface area (Å²) in [6, 6.07) is 0. The van der Waals surface area contributed by atoms with Gasteiger partial charge in [0, 0.05) is 25.1 Å². The Bertz CT molecular complexity index is 450. The van der Waals surface area contributed by atoms with E-state index in [1.54, 1.807) is 0 Å². The first-order chi connectivity index (χ1) is 9.34. The van der Waals surface area contributed by atoms with Gasteiger partial charge in [0.2, 0.25) is 5.91 Å². The van der Waals surface area contributed by atoms with Crippen LogP contribution in [0.3, 0.4) is 0 Å². The van der Waals surface area contributed by atoms with E-state index < -0.39 is 0 Å². The SMILES string of the molecule is O=C(CCc1n[nH]c2c1CCCC2)N1CCCCO1. The second kappa shape index (κ2) is 5.74. The molecule has 0 aromatic carbocycles. The molecule has 5 heteroatoms. The Balaban J connectivity index is 1.57. The zero-order chi connectivity index (χ0) is 13.1. The minimum Gasteiger partial charge on any atom is -0.282 e. The number of hydroxylamine groups is 2. The molecule has 2 heterocycles. The molecule has 1 amide bonds. The molecule has 0 radical (unpaired) electrons. The minimum absolute atomic E-state index is 0.0901. The van der Waals surface area contributed by atoms with E-state index >= 15 is 0 Å². The number of aryl methyl sites for hydroxylation is 2. The predicted octanol–water partition coefficient (Wildman–Crippen LogP) is 1.78. The van der Waals surface area contributed by atoms with Crippen LogP contribution in [-0.2, 0) is 28.9 Å². The lowest BCUT2D eigenvalue weighted by Gasteiger charge is -2.25. The van der Waals surface area contributed by atoms with Crippen LogP contribution in [0.4, 0.5) is 0 Å². The van der Waals surface area contributed by atoms with E-state index in [1.165, 1.54) is 29.2 Å². The largest absolute Gasteiger partial charge is 0.282 e. The molecule has 1 fully saturated rings. The highest BCUT2D eigenvalue weighted by molar-refractivity contribution is 5.75. The molecule has 104 valence electrons. The molecule has 5 nitrogen and oxygen atoms in total. The second-order valence-electron chi connectivity index (χ2n) is 5.37. The van der Waals surface area contributed by atoms with E-state index in [0.29, 0.717) is 13.0 Å². The first kappa shape index (κ1) is 12.7. The van der Waals surface area contributed by atoms with Gasteiger partial charge in [-0.2, -0.15) is 5.10 Å². The van der Waals surface area contributed by atoms with Crippen molar-refractivity contribution in [3.8, 4) is 0 Å². The predicted molar refractivity (Wildman–Crippen MR) is 70.4 cm³/mol. The monoisotopic (exact) mass is 263 g/mol. The Kier molecular flexibility index (Phi) is 3.82. The minimum atomic E-state index is 0.0901. The summed E-state index contributed by atoms with van der Waals surface area (Å²) in [4.78, 5) is 17.4. The van der Waals surface area contributed by atoms with Crippen LogP contribution in [0.15, 0.2) is 0 Å². The molecule has 1 N–H and O–H groups in total. The topological polar surface area (TPSA) is 58.2 Å². The summed E-state index contributed by atoms with van der Waals surface area (Å²) >= 11 is 0. The van der Waals surface area contributed by atoms with Gasteiger partial charge in [-0.1, -0.05) is 0 Å². The van der Waals surface area contributed by atoms with Crippen LogP contribution in [-0.4, -0.2) is 34.3 Å². The molecule has 0 atom stereocenters. The fraction of sp³-hybridized carbons (Fsp3) is 0.714. The molecule has 1 aliphatic heterocycles. The third-order valence-corrected chi connectivity index (χ3v) is 4.00. The lowest BCUT2D eigenvalue weighted by atomic mass is 9.94. The molecular formula is C14H21N3O2. The van der Waals surface area contributed by atoms with E-state index in [2.05, 4.69) is 10.2 Å². The molecule has 3 rings (SSSR count). The van der Waals surface area contributed by atoms with E-state index in [1.807, 2.05) is 0 Å². The van der Waals surface area contributed by atoms with E-state index in [0.717, 1.165) is 44.3 Å². The maximum Gasteiger partial charge on any atom is 0.246 e. The summed E-state index contributed by atoms with van der Waals surface area (Å²) in [7, 11) is 0. The summed E-state index contributed by atoms with van der Waals surface area (Å²) in [5.74, 6) is 0.0901. The van der Waals surface area contributed by atoms with Crippen molar-refractivity contribution >= 4 is 5.91 Å². The van der Waals surface area contributed by atoms with Crippen LogP contribution in [0.5, 0.6) is 0 Å². The number of fused-ring (bicyclic) bond motifs is 1. The van der Waals surface area contributed by atoms with Gasteiger partial charge in [-0.3, -0.25) is 14.7 Å². The quantitative estimate of drug-likeness (QED) is 0.904. The number of hydrogen-bond acceptors (Lipinski definition) is 3. The van der Waals surface area contributed by atoms with Gasteiger partial charge in [-0.15, -0.1) is 0 Å². The molecule has 0 unspecified atom stereocenters. The number of carbonyl (C=O) groups is 1. The summed E-state index contributed by atoms with van der Waals surface area (Å²) in [6.07, 6.45) is 8.01. The van der Waals surface area contributed by atoms with Crippen LogP contribution in [0, 0.1) is 0 Å². The van der Waals surface area contributed by atoms with Gasteiger partial charge in [-0.25, -0.2) is 5.06 Å². The molecular weight excluding hydrogens is 242 g/mol. The zero-order valence-corrected chi connectivity index (χ0v) is 11.3. The Hall–Kier alpha value is -1.36. The van der Waals surface area contributed by atoms with Crippen molar-refractivity contribution in [1.29, 1.82) is 0 Å². The molecule has 0 saturated carbocycles. The molecule has 1 aromatic heterocycles. The smallest absolute Gasteiger partial charge is 0.246 e. The fourth-order valence-corrected chi connectivity index (χ4v) is 2.90. The van der Waals surface area contributed by atoms with Crippen molar-refractivity contribution in [1.82, 2.24) is 15.3 Å². The Morgan fingerprint density at radius 3 is 3.00 bits per heavy atom. The molecule has 1 aromatic rings. The third-order valence-electron chi connectivity index (χ3n) is 4.00. The van der Waals surface area contributed by atoms with Gasteiger partial charge >= 0.3 is 0 Å². The Morgan fingerprint density at radius 1 is 1.26 bits per heavy atom. The molecule has 0 bridgehead atoms. The highest BCUT2D eigenvalue weighted by Crippen LogP contribution is 2.23. The van der Waals surface area contributed by atoms with Crippen LogP contribution >= 0.6 is 0 Å². The molecule has 1 aliphatic carbocycles. The summed E-state index contributed by atoms with van der Waals surface area (Å²) in [5, 5.41) is 9.03. The van der Waals surface area contributed by atoms with E-state index in [4.69, 9.17) is 4.84 Å². The first-order valence-electron chi connectivity index (χ1n) is 7.33. The lowest BCUT2D eigenvalue weighted by Crippen LogP contribution is -2.35. The molecule has 0 spiro atoms. The number of hydrogen-bond donors (Lipinski definition) is 1. The lowest BCUT2D eigenvalue weighted by molar-refractivity contribution is -0.197. The zero-order valence-electron chi connectivity index (χ0n) is 11.3. The van der Waals surface area contributed by atoms with Crippen LogP contribution < -0.4 is 0 Å². The second-order valence-corrected chi connectivity index (χ2v) is 5.37. The van der Waals surface area contributed by atoms with Gasteiger partial charge in [-0.05, 0) is 44.1 Å². The van der Waals surface area contributed by atoms with Crippen molar-refractivity contribution in [3.63, 3.8) is 0 Å². The fourth-order valence-electron chi connectivity index (χ4n) is 2.90. The van der Waals surface area contributed by atoms with Crippen LogP contribution in [0.25, 0.3) is 0 Å². The number of rotatable bonds is 3. The maximum absolute atomic E-state index is 12.0. The average Bonchev–Trinajstić information content (AvgIpc) is 2.89. The molecule has 2 aliphatic rings. The van der Waals surface area contributed by atoms with Gasteiger partial charge in [0.1, 0.15) is 0 Å². The highest BCUT2D eigenvalue weighted by Gasteiger charge is 2.20. The highest BCUT2D eigenvalue weighted by atomic mass is 16.7. The van der Waals surface area contributed by atoms with Gasteiger partial charge < -0.3 is 0 Å². The molecule has 1 saturated heterocycles. The van der Waals surface area contributed by atoms with Crippen molar-refractivity contribution in [2.45, 2.75) is 51.4 Å². The van der Waals surface area contributed by atoms with Crippen LogP contribution in [0.2, 0.25) is 0 Å². The van der Waals surface area contributed by atoms with E-state index in [-0.39, 0.29) is 5.91 Å². The molecule has 19 heavy (non-hydrogen) atoms. The number of H-pyrrole nitrogens is 1. The van der Waals surface area contributed by atoms with Crippen molar-refractivity contribution < 1.29 is 9.63 Å². The Labute approximate surface area is 113 Å². The van der Waals surface area contributed by atoms with Gasteiger partial charge in [0.05, 0.1) is 12.3 Å². The van der Waals surface area contributed by atoms with Gasteiger partial charge in [0.25, 0.3) is 0 Å². The maximum atomic E-state index is 12.0. The normalized spacial score (nSPS) is 19.3. The first-order valence-corrected chi connectivity index (χ1v) is 7.33. The number of amides is 1. The van der Waals surface area contributed by atoms with Crippen molar-refractivity contribution in [3.05, 3.63) is 17.0 Å². The summed E-state index contributed by atoms with van der Waals surface area (Å²) in [5.41, 5.74) is 3.72. The third kappa shape index (κ3) is 2.81. The number of aromatic nitrogens is 2. The van der Waals surface area contributed by atoms with Crippen LogP contribution in [0.1, 0.15) is 49.1 Å².